The molecule has 106 valence electrons. The van der Waals surface area contributed by atoms with Gasteiger partial charge in [-0.3, -0.25) is 13.9 Å². The number of nitrogens with zero attached hydrogens (tertiary/aromatic N) is 3. The minimum Gasteiger partial charge on any atom is -0.384 e. The van der Waals surface area contributed by atoms with Crippen LogP contribution in [0.15, 0.2) is 9.59 Å². The fraction of sp³-hybridized carbons (Fsp3) is 0.615. The number of hydrogen-bond acceptors (Lipinski definition) is 3. The van der Waals surface area contributed by atoms with E-state index in [1.165, 1.54) is 9.13 Å². The maximum absolute atomic E-state index is 12.3. The molecule has 0 saturated heterocycles. The van der Waals surface area contributed by atoms with Gasteiger partial charge in [-0.1, -0.05) is 13.8 Å². The summed E-state index contributed by atoms with van der Waals surface area (Å²) >= 11 is 0. The molecule has 0 atom stereocenters. The molecule has 1 aromatic rings. The van der Waals surface area contributed by atoms with Crippen molar-refractivity contribution in [2.45, 2.75) is 39.8 Å². The number of rotatable bonds is 5. The van der Waals surface area contributed by atoms with Crippen LogP contribution in [0.2, 0.25) is 0 Å². The molecule has 0 unspecified atom stereocenters. The summed E-state index contributed by atoms with van der Waals surface area (Å²) < 4.78 is 4.50. The Hall–Kier alpha value is -1.85. The van der Waals surface area contributed by atoms with Crippen molar-refractivity contribution < 1.29 is 4.58 Å². The molecule has 0 fully saturated rings. The Labute approximate surface area is 112 Å². The van der Waals surface area contributed by atoms with Crippen LogP contribution in [0, 0.1) is 0 Å². The van der Waals surface area contributed by atoms with Gasteiger partial charge in [-0.05, 0) is 12.8 Å². The number of anilines is 1. The lowest BCUT2D eigenvalue weighted by Gasteiger charge is -2.13. The molecule has 1 rings (SSSR count). The summed E-state index contributed by atoms with van der Waals surface area (Å²) in [6.45, 7) is 4.83. The van der Waals surface area contributed by atoms with E-state index < -0.39 is 0 Å². The van der Waals surface area contributed by atoms with E-state index in [4.69, 9.17) is 5.73 Å². The molecule has 6 heteroatoms. The van der Waals surface area contributed by atoms with Crippen molar-refractivity contribution in [3.63, 3.8) is 0 Å². The van der Waals surface area contributed by atoms with Crippen LogP contribution in [-0.4, -0.2) is 34.0 Å². The van der Waals surface area contributed by atoms with Crippen molar-refractivity contribution in [1.29, 1.82) is 0 Å². The van der Waals surface area contributed by atoms with Crippen LogP contribution in [0.1, 0.15) is 32.3 Å². The lowest BCUT2D eigenvalue weighted by molar-refractivity contribution is -0.458. The molecular weight excluding hydrogens is 244 g/mol. The van der Waals surface area contributed by atoms with Crippen LogP contribution in [0.3, 0.4) is 0 Å². The second kappa shape index (κ2) is 6.36. The first-order valence-electron chi connectivity index (χ1n) is 6.58. The Morgan fingerprint density at radius 1 is 1.11 bits per heavy atom. The minimum atomic E-state index is -0.317. The minimum absolute atomic E-state index is 0.248. The van der Waals surface area contributed by atoms with Gasteiger partial charge in [-0.2, -0.15) is 0 Å². The fourth-order valence-electron chi connectivity index (χ4n) is 1.98. The SMILES string of the molecule is CCCn1c(N)c(C=[N+](C)C)c(=O)n(CCC)c1=O. The number of nitrogen functional groups attached to an aromatic ring is 1. The third kappa shape index (κ3) is 3.13. The smallest absolute Gasteiger partial charge is 0.332 e. The van der Waals surface area contributed by atoms with Gasteiger partial charge in [0.15, 0.2) is 6.21 Å². The second-order valence-electron chi connectivity index (χ2n) is 4.78. The zero-order valence-corrected chi connectivity index (χ0v) is 12.1. The van der Waals surface area contributed by atoms with Crippen LogP contribution in [0.4, 0.5) is 5.82 Å². The molecular formula is C13H23N4O2+. The first kappa shape index (κ1) is 15.2. The van der Waals surface area contributed by atoms with Crippen LogP contribution >= 0.6 is 0 Å². The third-order valence-electron chi connectivity index (χ3n) is 2.79. The molecule has 19 heavy (non-hydrogen) atoms. The van der Waals surface area contributed by atoms with Gasteiger partial charge in [0.1, 0.15) is 25.5 Å². The standard InChI is InChI=1S/C13H22N4O2/c1-5-7-16-11(14)10(9-15(3)4)12(18)17(8-6-2)13(16)19/h9,14H,5-8H2,1-4H3/p+1. The Morgan fingerprint density at radius 2 is 1.63 bits per heavy atom. The maximum Gasteiger partial charge on any atom is 0.332 e. The second-order valence-corrected chi connectivity index (χ2v) is 4.78. The number of hydrogen-bond donors (Lipinski definition) is 1. The third-order valence-corrected chi connectivity index (χ3v) is 2.79. The topological polar surface area (TPSA) is 73.0 Å². The quantitative estimate of drug-likeness (QED) is 0.607. The van der Waals surface area contributed by atoms with Crippen LogP contribution in [0.5, 0.6) is 0 Å². The molecule has 0 spiro atoms. The number of aromatic nitrogens is 2. The summed E-state index contributed by atoms with van der Waals surface area (Å²) in [7, 11) is 3.64. The Bertz CT molecular complexity index is 592. The first-order valence-corrected chi connectivity index (χ1v) is 6.58. The highest BCUT2D eigenvalue weighted by atomic mass is 16.2. The molecule has 0 aromatic carbocycles. The highest BCUT2D eigenvalue weighted by Gasteiger charge is 2.17. The van der Waals surface area contributed by atoms with E-state index in [1.54, 1.807) is 10.8 Å². The largest absolute Gasteiger partial charge is 0.384 e. The summed E-state index contributed by atoms with van der Waals surface area (Å²) in [5.74, 6) is 0.248. The predicted octanol–water partition coefficient (Wildman–Crippen LogP) is 0.103. The van der Waals surface area contributed by atoms with Gasteiger partial charge < -0.3 is 5.73 Å². The summed E-state index contributed by atoms with van der Waals surface area (Å²) in [5.41, 5.74) is 5.73. The molecule has 0 aliphatic heterocycles. The highest BCUT2D eigenvalue weighted by Crippen LogP contribution is 2.03. The van der Waals surface area contributed by atoms with Gasteiger partial charge in [0.05, 0.1) is 0 Å². The lowest BCUT2D eigenvalue weighted by Crippen LogP contribution is -2.43. The van der Waals surface area contributed by atoms with Gasteiger partial charge in [0, 0.05) is 13.1 Å². The van der Waals surface area contributed by atoms with Crippen molar-refractivity contribution in [2.24, 2.45) is 0 Å². The van der Waals surface area contributed by atoms with E-state index in [9.17, 15) is 9.59 Å². The Morgan fingerprint density at radius 3 is 2.11 bits per heavy atom. The van der Waals surface area contributed by atoms with E-state index in [-0.39, 0.29) is 17.1 Å². The Balaban J connectivity index is 3.69. The van der Waals surface area contributed by atoms with Crippen molar-refractivity contribution >= 4 is 12.0 Å². The number of nitrogens with two attached hydrogens (primary N) is 1. The van der Waals surface area contributed by atoms with Crippen LogP contribution in [0.25, 0.3) is 0 Å². The van der Waals surface area contributed by atoms with Gasteiger partial charge >= 0.3 is 5.69 Å². The molecule has 1 heterocycles. The normalized spacial score (nSPS) is 10.5. The molecule has 0 radical (unpaired) electrons. The predicted molar refractivity (Wildman–Crippen MR) is 77.2 cm³/mol. The van der Waals surface area contributed by atoms with E-state index in [0.717, 1.165) is 12.8 Å². The van der Waals surface area contributed by atoms with Gasteiger partial charge in [0.25, 0.3) is 5.56 Å². The maximum atomic E-state index is 12.3. The van der Waals surface area contributed by atoms with Gasteiger partial charge in [-0.15, -0.1) is 0 Å². The van der Waals surface area contributed by atoms with Crippen molar-refractivity contribution in [2.75, 3.05) is 19.8 Å². The van der Waals surface area contributed by atoms with E-state index in [2.05, 4.69) is 0 Å². The average molecular weight is 267 g/mol. The van der Waals surface area contributed by atoms with E-state index >= 15 is 0 Å². The average Bonchev–Trinajstić information content (AvgIpc) is 2.35. The monoisotopic (exact) mass is 267 g/mol. The van der Waals surface area contributed by atoms with E-state index in [1.807, 2.05) is 27.9 Å². The van der Waals surface area contributed by atoms with Crippen LogP contribution in [-0.2, 0) is 13.1 Å². The summed E-state index contributed by atoms with van der Waals surface area (Å²) in [6.07, 6.45) is 3.18. The molecule has 1 aromatic heterocycles. The zero-order chi connectivity index (χ0) is 14.6. The molecule has 0 amide bonds. The van der Waals surface area contributed by atoms with E-state index in [0.29, 0.717) is 18.7 Å². The van der Waals surface area contributed by atoms with Gasteiger partial charge in [-0.25, -0.2) is 9.37 Å². The van der Waals surface area contributed by atoms with Crippen LogP contribution < -0.4 is 17.0 Å². The molecule has 0 aliphatic carbocycles. The Kier molecular flexibility index (Phi) is 5.09. The lowest BCUT2D eigenvalue weighted by atomic mass is 10.3. The molecule has 6 nitrogen and oxygen atoms in total. The van der Waals surface area contributed by atoms with Gasteiger partial charge in [0.2, 0.25) is 0 Å². The summed E-state index contributed by atoms with van der Waals surface area (Å²) in [5, 5.41) is 0. The fourth-order valence-corrected chi connectivity index (χ4v) is 1.98. The molecule has 2 N–H and O–H groups in total. The zero-order valence-electron chi connectivity index (χ0n) is 12.1. The molecule has 0 saturated carbocycles. The van der Waals surface area contributed by atoms with Crippen molar-refractivity contribution in [1.82, 2.24) is 9.13 Å². The van der Waals surface area contributed by atoms with Crippen molar-refractivity contribution in [3.8, 4) is 0 Å². The van der Waals surface area contributed by atoms with Crippen molar-refractivity contribution in [3.05, 3.63) is 26.4 Å². The highest BCUT2D eigenvalue weighted by molar-refractivity contribution is 5.81. The summed E-state index contributed by atoms with van der Waals surface area (Å²) in [6, 6.07) is 0. The summed E-state index contributed by atoms with van der Waals surface area (Å²) in [4.78, 5) is 24.6. The molecule has 0 bridgehead atoms. The first-order chi connectivity index (χ1) is 8.93. The molecule has 0 aliphatic rings.